The van der Waals surface area contributed by atoms with Crippen molar-refractivity contribution in [2.24, 2.45) is 10.2 Å². The van der Waals surface area contributed by atoms with Gasteiger partial charge in [-0.3, -0.25) is 4.55 Å². The zero-order chi connectivity index (χ0) is 32.6. The molecule has 0 saturated heterocycles. The molecule has 16 nitrogen and oxygen atoms in total. The third kappa shape index (κ3) is 13.7. The van der Waals surface area contributed by atoms with E-state index >= 15 is 0 Å². The summed E-state index contributed by atoms with van der Waals surface area (Å²) in [7, 11) is -8.57. The van der Waals surface area contributed by atoms with Gasteiger partial charge in [0.2, 0.25) is 0 Å². The van der Waals surface area contributed by atoms with E-state index in [2.05, 4.69) is 33.2 Å². The van der Waals surface area contributed by atoms with Crippen LogP contribution in [0, 0.1) is 36.5 Å². The largest absolute Gasteiger partial charge is 0.409 e. The summed E-state index contributed by atoms with van der Waals surface area (Å²) in [4.78, 5) is 2.38. The van der Waals surface area contributed by atoms with E-state index < -0.39 is 20.8 Å². The van der Waals surface area contributed by atoms with E-state index in [0.29, 0.717) is 46.4 Å². The lowest BCUT2D eigenvalue weighted by Crippen LogP contribution is -2.31. The van der Waals surface area contributed by atoms with Gasteiger partial charge in [0.1, 0.15) is 40.0 Å². The van der Waals surface area contributed by atoms with Crippen LogP contribution in [0.4, 0.5) is 16.4 Å². The van der Waals surface area contributed by atoms with Crippen LogP contribution in [0.15, 0.2) is 28.4 Å². The Morgan fingerprint density at radius 3 is 2.02 bits per heavy atom. The third-order valence-electron chi connectivity index (χ3n) is 5.51. The Bertz CT molecular complexity index is 1550. The number of nitrogens with zero attached hydrogens (tertiary/aromatic N) is 5. The molecule has 0 aliphatic rings. The molecule has 242 valence electrons. The Hall–Kier alpha value is -2.35. The van der Waals surface area contributed by atoms with Crippen molar-refractivity contribution < 1.29 is 46.5 Å². The molecule has 0 aliphatic carbocycles. The first-order chi connectivity index (χ1) is 20.9. The Morgan fingerprint density at radius 2 is 1.48 bits per heavy atom. The summed E-state index contributed by atoms with van der Waals surface area (Å²) >= 11 is 2.30. The molecule has 0 saturated carbocycles. The molecule has 1 aromatic carbocycles. The van der Waals surface area contributed by atoms with E-state index in [1.54, 1.807) is 13.0 Å². The minimum atomic E-state index is -4.54. The van der Waals surface area contributed by atoms with Gasteiger partial charge in [-0.1, -0.05) is 0 Å². The van der Waals surface area contributed by atoms with E-state index in [9.17, 15) is 27.4 Å². The van der Waals surface area contributed by atoms with Crippen LogP contribution in [-0.2, 0) is 45.9 Å². The number of thiophene rings is 1. The maximum atomic E-state index is 11.1. The highest BCUT2D eigenvalue weighted by atomic mass is 127. The minimum absolute atomic E-state index is 0.0275. The Labute approximate surface area is 274 Å². The summed E-state index contributed by atoms with van der Waals surface area (Å²) in [6.07, 6.45) is 0. The van der Waals surface area contributed by atoms with Crippen LogP contribution < -0.4 is 4.90 Å². The molecule has 0 bridgehead atoms. The second kappa shape index (κ2) is 19.2. The zero-order valence-corrected chi connectivity index (χ0v) is 28.3. The van der Waals surface area contributed by atoms with Gasteiger partial charge in [-0.15, -0.1) is 21.6 Å². The van der Waals surface area contributed by atoms with Crippen molar-refractivity contribution in [3.05, 3.63) is 39.8 Å². The quantitative estimate of drug-likeness (QED) is 0.0823. The second-order valence-electron chi connectivity index (χ2n) is 8.50. The number of aryl methyl sites for hydroxylation is 1. The number of hydrogen-bond donors (Lipinski definition) is 1. The van der Waals surface area contributed by atoms with E-state index in [4.69, 9.17) is 18.8 Å². The molecule has 0 radical (unpaired) electrons. The van der Waals surface area contributed by atoms with E-state index in [1.807, 2.05) is 24.0 Å². The maximum Gasteiger partial charge on any atom is 0.409 e. The highest BCUT2D eigenvalue weighted by Gasteiger charge is 2.15. The molecule has 20 heteroatoms. The molecule has 2 rings (SSSR count). The fourth-order valence-electron chi connectivity index (χ4n) is 3.41. The molecule has 1 N–H and O–H groups in total. The van der Waals surface area contributed by atoms with Crippen molar-refractivity contribution in [1.82, 2.24) is 0 Å². The Kier molecular flexibility index (Phi) is 16.5. The number of rotatable bonds is 21. The van der Waals surface area contributed by atoms with Crippen LogP contribution in [0.25, 0.3) is 0 Å². The van der Waals surface area contributed by atoms with Gasteiger partial charge in [-0.25, -0.2) is 8.37 Å². The normalized spacial score (nSPS) is 12.0. The van der Waals surface area contributed by atoms with Crippen molar-refractivity contribution in [2.75, 3.05) is 70.8 Å². The highest BCUT2D eigenvalue weighted by Crippen LogP contribution is 2.36. The number of nitriles is 2. The fourth-order valence-corrected chi connectivity index (χ4v) is 5.18. The lowest BCUT2D eigenvalue weighted by molar-refractivity contribution is 0.0379. The van der Waals surface area contributed by atoms with Crippen molar-refractivity contribution in [2.45, 2.75) is 13.8 Å². The Morgan fingerprint density at radius 1 is 0.886 bits per heavy atom. The van der Waals surface area contributed by atoms with Crippen molar-refractivity contribution in [3.63, 3.8) is 0 Å². The Balaban J connectivity index is 1.98. The van der Waals surface area contributed by atoms with Gasteiger partial charge in [-0.05, 0) is 43.2 Å². The van der Waals surface area contributed by atoms with Crippen LogP contribution in [0.3, 0.4) is 0 Å². The third-order valence-corrected chi connectivity index (χ3v) is 8.99. The van der Waals surface area contributed by atoms with Crippen molar-refractivity contribution in [1.29, 1.82) is 10.5 Å². The van der Waals surface area contributed by atoms with Gasteiger partial charge in [0.15, 0.2) is 5.00 Å². The molecule has 0 unspecified atom stereocenters. The molecular formula is C24H30IN5O11S3. The van der Waals surface area contributed by atoms with Crippen LogP contribution in [-0.4, -0.2) is 87.3 Å². The topological polar surface area (TPSA) is 219 Å². The zero-order valence-electron chi connectivity index (χ0n) is 23.7. The van der Waals surface area contributed by atoms with Crippen LogP contribution in [0.5, 0.6) is 0 Å². The number of azo groups is 1. The summed E-state index contributed by atoms with van der Waals surface area (Å²) in [5.41, 5.74) is 3.05. The SMILES string of the molecule is Cc1cc(N(CCOCCOCCOS(=O)(=O)OI)CCOCCOS(=O)(=O)O)ccc1N=Nc1sc(C#N)c(C)c1C#N. The van der Waals surface area contributed by atoms with Crippen LogP contribution >= 0.6 is 34.3 Å². The molecular weight excluding hydrogens is 757 g/mol. The first-order valence-corrected chi connectivity index (χ1v) is 17.1. The standard InChI is InChI=1S/C24H30IN5O11S3/c1-18-15-20(3-4-22(18)28-29-24-21(16-26)19(2)23(17-27)42-24)30(6-8-37-11-13-39-43(31,32)33)5-7-36-9-10-38-12-14-40-44(34,35)41-25/h3-4,15H,5-14H2,1-2H3,(H,31,32,33). The number of hydrogen-bond acceptors (Lipinski definition) is 16. The molecule has 0 fully saturated rings. The molecule has 0 aliphatic heterocycles. The minimum Gasteiger partial charge on any atom is -0.377 e. The second-order valence-corrected chi connectivity index (χ2v) is 12.8. The average Bonchev–Trinajstić information content (AvgIpc) is 3.29. The van der Waals surface area contributed by atoms with Gasteiger partial charge in [0.05, 0.1) is 64.1 Å². The molecule has 0 amide bonds. The predicted octanol–water partition coefficient (Wildman–Crippen LogP) is 3.83. The van der Waals surface area contributed by atoms with E-state index in [1.165, 1.54) is 23.0 Å². The van der Waals surface area contributed by atoms with Gasteiger partial charge < -0.3 is 19.1 Å². The molecule has 44 heavy (non-hydrogen) atoms. The molecule has 1 heterocycles. The van der Waals surface area contributed by atoms with E-state index in [-0.39, 0.29) is 46.2 Å². The molecule has 0 spiro atoms. The summed E-state index contributed by atoms with van der Waals surface area (Å²) < 4.78 is 81.4. The van der Waals surface area contributed by atoms with Crippen molar-refractivity contribution in [3.8, 4) is 12.1 Å². The number of benzene rings is 1. The first kappa shape index (κ1) is 37.8. The predicted molar refractivity (Wildman–Crippen MR) is 166 cm³/mol. The van der Waals surface area contributed by atoms with Gasteiger partial charge in [0.25, 0.3) is 0 Å². The summed E-state index contributed by atoms with van der Waals surface area (Å²) in [6, 6.07) is 9.60. The van der Waals surface area contributed by atoms with E-state index in [0.717, 1.165) is 22.6 Å². The lowest BCUT2D eigenvalue weighted by Gasteiger charge is -2.25. The first-order valence-electron chi connectivity index (χ1n) is 12.7. The molecule has 1 aromatic heterocycles. The smallest absolute Gasteiger partial charge is 0.377 e. The number of anilines is 1. The van der Waals surface area contributed by atoms with Gasteiger partial charge in [0, 0.05) is 18.8 Å². The molecule has 2 aromatic rings. The summed E-state index contributed by atoms with van der Waals surface area (Å²) in [6.45, 7) is 4.77. The maximum absolute atomic E-state index is 11.1. The fraction of sp³-hybridized carbons (Fsp3) is 0.500. The average molecular weight is 788 g/mol. The highest BCUT2D eigenvalue weighted by molar-refractivity contribution is 14.1. The van der Waals surface area contributed by atoms with Crippen molar-refractivity contribution >= 4 is 71.5 Å². The van der Waals surface area contributed by atoms with Crippen LogP contribution in [0.2, 0.25) is 0 Å². The number of ether oxygens (including phenoxy) is 3. The number of halogens is 1. The monoisotopic (exact) mass is 787 g/mol. The lowest BCUT2D eigenvalue weighted by atomic mass is 10.1. The van der Waals surface area contributed by atoms with Gasteiger partial charge in [-0.2, -0.15) is 29.9 Å². The molecule has 0 atom stereocenters. The summed E-state index contributed by atoms with van der Waals surface area (Å²) in [5.74, 6) is 0. The van der Waals surface area contributed by atoms with Crippen LogP contribution in [0.1, 0.15) is 21.6 Å². The summed E-state index contributed by atoms with van der Waals surface area (Å²) in [5, 5.41) is 27.5. The van der Waals surface area contributed by atoms with Gasteiger partial charge >= 0.3 is 20.8 Å².